The Labute approximate surface area is 124 Å². The zero-order valence-electron chi connectivity index (χ0n) is 14.0. The highest BCUT2D eigenvalue weighted by Crippen LogP contribution is 2.24. The van der Waals surface area contributed by atoms with E-state index in [1.54, 1.807) is 0 Å². The third kappa shape index (κ3) is 4.74. The molecule has 1 heterocycles. The number of ether oxygens (including phenoxy) is 1. The SMILES string of the molecule is CCOC(=O)C(C)(CCN1CC(C)C(C)C1)NC(C)C. The zero-order chi connectivity index (χ0) is 15.3. The number of nitrogens with zero attached hydrogens (tertiary/aromatic N) is 1. The summed E-state index contributed by atoms with van der Waals surface area (Å²) >= 11 is 0. The van der Waals surface area contributed by atoms with Crippen LogP contribution in [0.5, 0.6) is 0 Å². The predicted molar refractivity (Wildman–Crippen MR) is 82.7 cm³/mol. The van der Waals surface area contributed by atoms with Gasteiger partial charge < -0.3 is 9.64 Å². The maximum atomic E-state index is 12.2. The summed E-state index contributed by atoms with van der Waals surface area (Å²) in [5.74, 6) is 1.37. The Balaban J connectivity index is 2.59. The van der Waals surface area contributed by atoms with Crippen molar-refractivity contribution in [2.75, 3.05) is 26.2 Å². The lowest BCUT2D eigenvalue weighted by Gasteiger charge is -2.32. The minimum Gasteiger partial charge on any atom is -0.465 e. The highest BCUT2D eigenvalue weighted by Gasteiger charge is 2.36. The van der Waals surface area contributed by atoms with Crippen LogP contribution in [0.2, 0.25) is 0 Å². The third-order valence-electron chi connectivity index (χ3n) is 4.32. The lowest BCUT2D eigenvalue weighted by atomic mass is 9.96. The molecule has 0 radical (unpaired) electrons. The molecule has 1 rings (SSSR count). The molecule has 3 unspecified atom stereocenters. The number of nitrogens with one attached hydrogen (secondary N) is 1. The van der Waals surface area contributed by atoms with E-state index in [1.165, 1.54) is 0 Å². The fourth-order valence-electron chi connectivity index (χ4n) is 2.97. The average molecular weight is 284 g/mol. The zero-order valence-corrected chi connectivity index (χ0v) is 14.0. The molecule has 3 atom stereocenters. The van der Waals surface area contributed by atoms with Crippen LogP contribution >= 0.6 is 0 Å². The van der Waals surface area contributed by atoms with Gasteiger partial charge in [-0.25, -0.2) is 0 Å². The van der Waals surface area contributed by atoms with Gasteiger partial charge in [0, 0.05) is 25.7 Å². The largest absolute Gasteiger partial charge is 0.465 e. The van der Waals surface area contributed by atoms with Crippen molar-refractivity contribution in [3.05, 3.63) is 0 Å². The highest BCUT2D eigenvalue weighted by molar-refractivity contribution is 5.80. The monoisotopic (exact) mass is 284 g/mol. The van der Waals surface area contributed by atoms with Gasteiger partial charge in [0.2, 0.25) is 0 Å². The molecule has 0 aromatic carbocycles. The quantitative estimate of drug-likeness (QED) is 0.728. The molecule has 4 nitrogen and oxygen atoms in total. The maximum absolute atomic E-state index is 12.2. The van der Waals surface area contributed by atoms with Crippen LogP contribution in [0.15, 0.2) is 0 Å². The smallest absolute Gasteiger partial charge is 0.326 e. The molecule has 1 N–H and O–H groups in total. The second-order valence-electron chi connectivity index (χ2n) is 6.82. The van der Waals surface area contributed by atoms with Crippen LogP contribution in [0.4, 0.5) is 0 Å². The first-order valence-corrected chi connectivity index (χ1v) is 7.95. The third-order valence-corrected chi connectivity index (χ3v) is 4.32. The molecular formula is C16H32N2O2. The first kappa shape index (κ1) is 17.4. The maximum Gasteiger partial charge on any atom is 0.326 e. The normalized spacial score (nSPS) is 26.8. The van der Waals surface area contributed by atoms with Crippen molar-refractivity contribution in [2.24, 2.45) is 11.8 Å². The summed E-state index contributed by atoms with van der Waals surface area (Å²) in [5, 5.41) is 3.39. The number of hydrogen-bond donors (Lipinski definition) is 1. The van der Waals surface area contributed by atoms with Gasteiger partial charge in [-0.3, -0.25) is 10.1 Å². The molecule has 0 amide bonds. The molecule has 0 aromatic heterocycles. The molecule has 0 saturated carbocycles. The van der Waals surface area contributed by atoms with Gasteiger partial charge in [0.1, 0.15) is 5.54 Å². The Morgan fingerprint density at radius 1 is 1.35 bits per heavy atom. The molecule has 118 valence electrons. The van der Waals surface area contributed by atoms with Crippen molar-refractivity contribution in [3.63, 3.8) is 0 Å². The van der Waals surface area contributed by atoms with Crippen LogP contribution in [0, 0.1) is 11.8 Å². The number of esters is 1. The van der Waals surface area contributed by atoms with Gasteiger partial charge in [-0.05, 0) is 46.0 Å². The van der Waals surface area contributed by atoms with E-state index in [0.717, 1.165) is 37.9 Å². The summed E-state index contributed by atoms with van der Waals surface area (Å²) in [7, 11) is 0. The summed E-state index contributed by atoms with van der Waals surface area (Å²) in [6, 6.07) is 0.265. The fourth-order valence-corrected chi connectivity index (χ4v) is 2.97. The van der Waals surface area contributed by atoms with Crippen molar-refractivity contribution in [2.45, 2.75) is 59.5 Å². The molecule has 1 aliphatic rings. The number of carbonyl (C=O) groups excluding carboxylic acids is 1. The Hall–Kier alpha value is -0.610. The minimum atomic E-state index is -0.584. The van der Waals surface area contributed by atoms with Gasteiger partial charge in [-0.15, -0.1) is 0 Å². The molecule has 0 spiro atoms. The minimum absolute atomic E-state index is 0.131. The van der Waals surface area contributed by atoms with E-state index >= 15 is 0 Å². The van der Waals surface area contributed by atoms with Gasteiger partial charge in [0.15, 0.2) is 0 Å². The topological polar surface area (TPSA) is 41.6 Å². The molecule has 4 heteroatoms. The summed E-state index contributed by atoms with van der Waals surface area (Å²) in [6.07, 6.45) is 0.795. The second-order valence-corrected chi connectivity index (χ2v) is 6.82. The van der Waals surface area contributed by atoms with E-state index in [4.69, 9.17) is 4.74 Å². The lowest BCUT2D eigenvalue weighted by Crippen LogP contribution is -2.54. The Kier molecular flexibility index (Phi) is 6.46. The lowest BCUT2D eigenvalue weighted by molar-refractivity contribution is -0.151. The van der Waals surface area contributed by atoms with Crippen LogP contribution in [0.3, 0.4) is 0 Å². The summed E-state index contributed by atoms with van der Waals surface area (Å²) in [4.78, 5) is 14.7. The van der Waals surface area contributed by atoms with Gasteiger partial charge >= 0.3 is 5.97 Å². The number of carbonyl (C=O) groups is 1. The second kappa shape index (κ2) is 7.41. The fraction of sp³-hybridized carbons (Fsp3) is 0.938. The van der Waals surface area contributed by atoms with Crippen LogP contribution in [0.25, 0.3) is 0 Å². The van der Waals surface area contributed by atoms with Crippen LogP contribution in [-0.2, 0) is 9.53 Å². The standard InChI is InChI=1S/C16H32N2O2/c1-7-20-15(19)16(6,17-12(2)3)8-9-18-10-13(4)14(5)11-18/h12-14,17H,7-11H2,1-6H3. The average Bonchev–Trinajstić information content (AvgIpc) is 2.66. The van der Waals surface area contributed by atoms with Gasteiger partial charge in [0.25, 0.3) is 0 Å². The summed E-state index contributed by atoms with van der Waals surface area (Å²) < 4.78 is 5.25. The molecule has 1 aliphatic heterocycles. The van der Waals surface area contributed by atoms with Crippen molar-refractivity contribution >= 4 is 5.97 Å². The van der Waals surface area contributed by atoms with Gasteiger partial charge in [-0.2, -0.15) is 0 Å². The van der Waals surface area contributed by atoms with Crippen molar-refractivity contribution in [3.8, 4) is 0 Å². The number of hydrogen-bond acceptors (Lipinski definition) is 4. The molecule has 1 saturated heterocycles. The highest BCUT2D eigenvalue weighted by atomic mass is 16.5. The first-order chi connectivity index (χ1) is 9.28. The predicted octanol–water partition coefficient (Wildman–Crippen LogP) is 2.28. The van der Waals surface area contributed by atoms with Crippen LogP contribution in [0.1, 0.15) is 48.0 Å². The van der Waals surface area contributed by atoms with E-state index in [2.05, 4.69) is 37.9 Å². The number of likely N-dealkylation sites (tertiary alicyclic amines) is 1. The molecule has 0 aromatic rings. The van der Waals surface area contributed by atoms with Gasteiger partial charge in [0.05, 0.1) is 6.61 Å². The van der Waals surface area contributed by atoms with Crippen molar-refractivity contribution in [1.82, 2.24) is 10.2 Å². The van der Waals surface area contributed by atoms with Gasteiger partial charge in [-0.1, -0.05) is 13.8 Å². The van der Waals surface area contributed by atoms with E-state index < -0.39 is 5.54 Å². The van der Waals surface area contributed by atoms with Crippen LogP contribution in [-0.4, -0.2) is 48.7 Å². The summed E-state index contributed by atoms with van der Waals surface area (Å²) in [5.41, 5.74) is -0.584. The van der Waals surface area contributed by atoms with E-state index in [1.807, 2.05) is 13.8 Å². The van der Waals surface area contributed by atoms with Crippen molar-refractivity contribution < 1.29 is 9.53 Å². The molecule has 1 fully saturated rings. The first-order valence-electron chi connectivity index (χ1n) is 7.95. The molecule has 0 bridgehead atoms. The van der Waals surface area contributed by atoms with Crippen molar-refractivity contribution in [1.29, 1.82) is 0 Å². The number of rotatable bonds is 7. The van der Waals surface area contributed by atoms with E-state index in [0.29, 0.717) is 6.61 Å². The van der Waals surface area contributed by atoms with Crippen LogP contribution < -0.4 is 5.32 Å². The Bertz CT molecular complexity index is 310. The Morgan fingerprint density at radius 3 is 2.35 bits per heavy atom. The Morgan fingerprint density at radius 2 is 1.90 bits per heavy atom. The molecular weight excluding hydrogens is 252 g/mol. The molecule has 20 heavy (non-hydrogen) atoms. The van der Waals surface area contributed by atoms with E-state index in [9.17, 15) is 4.79 Å². The van der Waals surface area contributed by atoms with E-state index in [-0.39, 0.29) is 12.0 Å². The molecule has 0 aliphatic carbocycles. The summed E-state index contributed by atoms with van der Waals surface area (Å²) in [6.45, 7) is 16.2.